The van der Waals surface area contributed by atoms with Gasteiger partial charge in [0, 0.05) is 33.2 Å². The minimum Gasteiger partial charge on any atom is -0.463 e. The lowest BCUT2D eigenvalue weighted by molar-refractivity contribution is -0.164. The van der Waals surface area contributed by atoms with Crippen LogP contribution in [0.2, 0.25) is 0 Å². The monoisotopic (exact) mass is 538 g/mol. The van der Waals surface area contributed by atoms with Crippen molar-refractivity contribution in [1.29, 1.82) is 0 Å². The second-order valence-electron chi connectivity index (χ2n) is 7.34. The summed E-state index contributed by atoms with van der Waals surface area (Å²) in [6.07, 6.45) is -2.63. The molecular formula is C26H50O11. The summed E-state index contributed by atoms with van der Waals surface area (Å²) in [5, 5.41) is 0. The van der Waals surface area contributed by atoms with Gasteiger partial charge >= 0.3 is 17.9 Å². The summed E-state index contributed by atoms with van der Waals surface area (Å²) in [4.78, 5) is 56.9. The normalized spacial score (nSPS) is 13.1. The van der Waals surface area contributed by atoms with Crippen molar-refractivity contribution in [3.63, 3.8) is 0 Å². The first kappa shape index (κ1) is 41.7. The third kappa shape index (κ3) is 21.4. The van der Waals surface area contributed by atoms with Crippen LogP contribution >= 0.6 is 0 Å². The number of Topliss-reactive ketones (excluding diaryl/α,β-unsaturated/α-hetero) is 2. The minimum atomic E-state index is -0.911. The molecule has 0 rings (SSSR count). The van der Waals surface area contributed by atoms with Gasteiger partial charge in [-0.05, 0) is 41.5 Å². The standard InChI is InChI=1S/C14H24O7.C10H18O4.2CH4/c1-5-19-8-9-20-13(16)7-6-12(15)10(2)21-14(17)11(3)18-4;1-5-9(11)7(3)14-10(12)8(4)13-6-2;;/h10-11H,5-9H2,1-4H3;7-8H,5-6H2,1-4H3;2*1H4. The molecule has 0 aliphatic rings. The summed E-state index contributed by atoms with van der Waals surface area (Å²) in [7, 11) is 1.37. The largest absolute Gasteiger partial charge is 0.463 e. The third-order valence-corrected chi connectivity index (χ3v) is 4.55. The second kappa shape index (κ2) is 25.3. The average molecular weight is 539 g/mol. The molecule has 0 heterocycles. The van der Waals surface area contributed by atoms with Gasteiger partial charge in [-0.25, -0.2) is 9.59 Å². The Morgan fingerprint density at radius 2 is 1.16 bits per heavy atom. The van der Waals surface area contributed by atoms with Crippen LogP contribution in [0.3, 0.4) is 0 Å². The lowest BCUT2D eigenvalue weighted by atomic mass is 10.1. The van der Waals surface area contributed by atoms with E-state index in [0.717, 1.165) is 0 Å². The number of carbonyl (C=O) groups is 5. The summed E-state index contributed by atoms with van der Waals surface area (Å²) in [6.45, 7) is 13.0. The maximum absolute atomic E-state index is 11.7. The molecule has 11 nitrogen and oxygen atoms in total. The molecule has 220 valence electrons. The molecule has 0 aliphatic carbocycles. The van der Waals surface area contributed by atoms with Crippen LogP contribution in [-0.2, 0) is 52.4 Å². The van der Waals surface area contributed by atoms with Gasteiger partial charge in [-0.1, -0.05) is 21.8 Å². The molecule has 0 N–H and O–H groups in total. The smallest absolute Gasteiger partial charge is 0.335 e. The maximum atomic E-state index is 11.7. The van der Waals surface area contributed by atoms with E-state index in [1.807, 2.05) is 6.92 Å². The molecule has 0 aliphatic heterocycles. The van der Waals surface area contributed by atoms with Gasteiger partial charge in [0.2, 0.25) is 0 Å². The van der Waals surface area contributed by atoms with Gasteiger partial charge in [-0.3, -0.25) is 14.4 Å². The third-order valence-electron chi connectivity index (χ3n) is 4.55. The summed E-state index contributed by atoms with van der Waals surface area (Å²) >= 11 is 0. The molecule has 0 fully saturated rings. The van der Waals surface area contributed by atoms with Crippen molar-refractivity contribution in [2.45, 2.75) is 107 Å². The quantitative estimate of drug-likeness (QED) is 0.153. The molecule has 0 radical (unpaired) electrons. The summed E-state index contributed by atoms with van der Waals surface area (Å²) in [5.41, 5.74) is 0. The van der Waals surface area contributed by atoms with E-state index in [-0.39, 0.29) is 45.9 Å². The molecular weight excluding hydrogens is 488 g/mol. The number of ketones is 2. The summed E-state index contributed by atoms with van der Waals surface area (Å²) in [6, 6.07) is 0. The van der Waals surface area contributed by atoms with Crippen LogP contribution in [0.1, 0.15) is 82.6 Å². The molecule has 0 bridgehead atoms. The fraction of sp³-hybridized carbons (Fsp3) is 0.808. The highest BCUT2D eigenvalue weighted by atomic mass is 16.6. The Balaban J connectivity index is -0.000000300. The van der Waals surface area contributed by atoms with E-state index in [1.54, 1.807) is 27.7 Å². The van der Waals surface area contributed by atoms with Crippen molar-refractivity contribution in [1.82, 2.24) is 0 Å². The van der Waals surface area contributed by atoms with E-state index < -0.39 is 42.3 Å². The molecule has 0 saturated carbocycles. The van der Waals surface area contributed by atoms with Gasteiger partial charge in [0.15, 0.2) is 36.0 Å². The summed E-state index contributed by atoms with van der Waals surface area (Å²) < 4.78 is 29.5. The first-order valence-electron chi connectivity index (χ1n) is 11.8. The van der Waals surface area contributed by atoms with Crippen LogP contribution in [0, 0.1) is 0 Å². The van der Waals surface area contributed by atoms with E-state index in [9.17, 15) is 24.0 Å². The molecule has 4 unspecified atom stereocenters. The number of rotatable bonds is 17. The van der Waals surface area contributed by atoms with E-state index in [0.29, 0.717) is 26.2 Å². The topological polar surface area (TPSA) is 141 Å². The number of carbonyl (C=O) groups excluding carboxylic acids is 5. The second-order valence-corrected chi connectivity index (χ2v) is 7.34. The van der Waals surface area contributed by atoms with Crippen molar-refractivity contribution < 1.29 is 52.4 Å². The molecule has 0 saturated heterocycles. The fourth-order valence-corrected chi connectivity index (χ4v) is 2.23. The Bertz CT molecular complexity index is 648. The van der Waals surface area contributed by atoms with Crippen molar-refractivity contribution in [2.24, 2.45) is 0 Å². The van der Waals surface area contributed by atoms with Crippen molar-refractivity contribution in [2.75, 3.05) is 33.5 Å². The van der Waals surface area contributed by atoms with Crippen LogP contribution in [0.4, 0.5) is 0 Å². The van der Waals surface area contributed by atoms with Crippen molar-refractivity contribution >= 4 is 29.5 Å². The summed E-state index contributed by atoms with van der Waals surface area (Å²) in [5.74, 6) is -2.00. The molecule has 0 aromatic heterocycles. The lowest BCUT2D eigenvalue weighted by Crippen LogP contribution is -2.30. The van der Waals surface area contributed by atoms with E-state index in [1.165, 1.54) is 21.0 Å². The van der Waals surface area contributed by atoms with E-state index in [4.69, 9.17) is 28.4 Å². The number of ether oxygens (including phenoxy) is 6. The fourth-order valence-electron chi connectivity index (χ4n) is 2.23. The van der Waals surface area contributed by atoms with Crippen LogP contribution in [0.5, 0.6) is 0 Å². The Kier molecular flexibility index (Phi) is 28.5. The van der Waals surface area contributed by atoms with Gasteiger partial charge < -0.3 is 28.4 Å². The SMILES string of the molecule is C.C.CCOC(C)C(=O)OC(C)C(=O)CC.CCOCCOC(=O)CCC(=O)C(C)OC(=O)C(C)OC. The van der Waals surface area contributed by atoms with Gasteiger partial charge in [-0.15, -0.1) is 0 Å². The molecule has 37 heavy (non-hydrogen) atoms. The average Bonchev–Trinajstić information content (AvgIpc) is 2.84. The number of methoxy groups -OCH3 is 1. The molecule has 0 aromatic rings. The lowest BCUT2D eigenvalue weighted by Gasteiger charge is -2.15. The molecule has 0 spiro atoms. The highest BCUT2D eigenvalue weighted by Gasteiger charge is 2.22. The number of hydrogen-bond acceptors (Lipinski definition) is 11. The molecule has 11 heteroatoms. The molecule has 0 amide bonds. The zero-order chi connectivity index (χ0) is 27.4. The van der Waals surface area contributed by atoms with Gasteiger partial charge in [0.25, 0.3) is 0 Å². The van der Waals surface area contributed by atoms with Gasteiger partial charge in [0.05, 0.1) is 13.0 Å². The first-order chi connectivity index (χ1) is 16.4. The van der Waals surface area contributed by atoms with Crippen LogP contribution in [0.15, 0.2) is 0 Å². The highest BCUT2D eigenvalue weighted by Crippen LogP contribution is 2.05. The molecule has 0 aromatic carbocycles. The zero-order valence-corrected chi connectivity index (χ0v) is 22.2. The predicted molar refractivity (Wildman–Crippen MR) is 139 cm³/mol. The maximum Gasteiger partial charge on any atom is 0.335 e. The zero-order valence-electron chi connectivity index (χ0n) is 22.2. The Labute approximate surface area is 222 Å². The predicted octanol–water partition coefficient (Wildman–Crippen LogP) is 3.48. The van der Waals surface area contributed by atoms with Crippen LogP contribution in [0.25, 0.3) is 0 Å². The Hall–Kier alpha value is -2.37. The van der Waals surface area contributed by atoms with E-state index >= 15 is 0 Å². The first-order valence-corrected chi connectivity index (χ1v) is 11.8. The highest BCUT2D eigenvalue weighted by molar-refractivity contribution is 5.88. The van der Waals surface area contributed by atoms with Crippen molar-refractivity contribution in [3.05, 3.63) is 0 Å². The van der Waals surface area contributed by atoms with Crippen LogP contribution < -0.4 is 0 Å². The van der Waals surface area contributed by atoms with Crippen molar-refractivity contribution in [3.8, 4) is 0 Å². The Morgan fingerprint density at radius 3 is 1.62 bits per heavy atom. The number of hydrogen-bond donors (Lipinski definition) is 0. The van der Waals surface area contributed by atoms with Gasteiger partial charge in [-0.2, -0.15) is 0 Å². The van der Waals surface area contributed by atoms with Crippen LogP contribution in [-0.4, -0.2) is 87.4 Å². The van der Waals surface area contributed by atoms with Gasteiger partial charge in [0.1, 0.15) is 6.61 Å². The Morgan fingerprint density at radius 1 is 0.649 bits per heavy atom. The number of esters is 3. The minimum absolute atomic E-state index is 0. The molecule has 4 atom stereocenters. The van der Waals surface area contributed by atoms with E-state index in [2.05, 4.69) is 0 Å².